The Kier molecular flexibility index (Phi) is 3.58. The summed E-state index contributed by atoms with van der Waals surface area (Å²) < 4.78 is 2.05. The number of hydrogen-bond donors (Lipinski definition) is 1. The first kappa shape index (κ1) is 14.6. The first-order valence-electron chi connectivity index (χ1n) is 8.06. The molecule has 0 radical (unpaired) electrons. The van der Waals surface area contributed by atoms with Gasteiger partial charge in [0.1, 0.15) is 6.17 Å². The average molecular weight is 317 g/mol. The van der Waals surface area contributed by atoms with Gasteiger partial charge in [-0.15, -0.1) is 0 Å². The van der Waals surface area contributed by atoms with Crippen molar-refractivity contribution >= 4 is 11.6 Å². The predicted molar refractivity (Wildman–Crippen MR) is 94.5 cm³/mol. The van der Waals surface area contributed by atoms with Gasteiger partial charge in [0.15, 0.2) is 0 Å². The second-order valence-electron chi connectivity index (χ2n) is 6.06. The van der Waals surface area contributed by atoms with Crippen molar-refractivity contribution in [1.29, 1.82) is 0 Å². The molecule has 120 valence electrons. The van der Waals surface area contributed by atoms with Gasteiger partial charge in [-0.2, -0.15) is 0 Å². The van der Waals surface area contributed by atoms with Crippen molar-refractivity contribution in [2.75, 3.05) is 5.32 Å². The Morgan fingerprint density at radius 3 is 2.46 bits per heavy atom. The second-order valence-corrected chi connectivity index (χ2v) is 6.06. The Morgan fingerprint density at radius 1 is 0.958 bits per heavy atom. The van der Waals surface area contributed by atoms with E-state index in [1.165, 1.54) is 0 Å². The lowest BCUT2D eigenvalue weighted by atomic mass is 10.0. The van der Waals surface area contributed by atoms with Gasteiger partial charge in [0.2, 0.25) is 0 Å². The molecule has 1 aliphatic rings. The molecule has 0 saturated carbocycles. The number of benzene rings is 2. The number of amides is 1. The zero-order chi connectivity index (χ0) is 16.5. The van der Waals surface area contributed by atoms with Crippen LogP contribution in [0.3, 0.4) is 0 Å². The highest BCUT2D eigenvalue weighted by Crippen LogP contribution is 2.34. The van der Waals surface area contributed by atoms with Crippen LogP contribution in [0.25, 0.3) is 0 Å². The summed E-state index contributed by atoms with van der Waals surface area (Å²) in [5.41, 5.74) is 3.79. The number of nitrogens with one attached hydrogen (secondary N) is 1. The Hall–Kier alpha value is -3.01. The normalized spacial score (nSPS) is 16.6. The number of aryl methyl sites for hydroxylation is 1. The maximum atomic E-state index is 13.1. The standard InChI is InChI=1S/C20H19N3O/c1-22-13-7-12-18(22)19-21-17-11-6-5-10-16(17)20(24)23(19)14-15-8-3-2-4-9-15/h2-13,19,21H,14H2,1H3. The van der Waals surface area contributed by atoms with E-state index in [2.05, 4.69) is 28.1 Å². The summed E-state index contributed by atoms with van der Waals surface area (Å²) in [6.07, 6.45) is 1.82. The van der Waals surface area contributed by atoms with Gasteiger partial charge < -0.3 is 14.8 Å². The summed E-state index contributed by atoms with van der Waals surface area (Å²) in [7, 11) is 2.00. The summed E-state index contributed by atoms with van der Waals surface area (Å²) in [6.45, 7) is 0.566. The third-order valence-corrected chi connectivity index (χ3v) is 4.48. The number of nitrogens with zero attached hydrogens (tertiary/aromatic N) is 2. The van der Waals surface area contributed by atoms with Crippen molar-refractivity contribution in [2.24, 2.45) is 7.05 Å². The Morgan fingerprint density at radius 2 is 1.71 bits per heavy atom. The fraction of sp³-hybridized carbons (Fsp3) is 0.150. The average Bonchev–Trinajstić information content (AvgIpc) is 3.04. The first-order chi connectivity index (χ1) is 11.7. The Balaban J connectivity index is 1.77. The fourth-order valence-corrected chi connectivity index (χ4v) is 3.23. The molecule has 1 amide bonds. The molecular weight excluding hydrogens is 298 g/mol. The highest BCUT2D eigenvalue weighted by Gasteiger charge is 2.33. The van der Waals surface area contributed by atoms with E-state index in [0.29, 0.717) is 6.54 Å². The van der Waals surface area contributed by atoms with Gasteiger partial charge in [0, 0.05) is 25.5 Å². The van der Waals surface area contributed by atoms with Crippen LogP contribution in [0.15, 0.2) is 72.9 Å². The van der Waals surface area contributed by atoms with Crippen LogP contribution in [-0.4, -0.2) is 15.4 Å². The van der Waals surface area contributed by atoms with Crippen LogP contribution < -0.4 is 5.32 Å². The van der Waals surface area contributed by atoms with Crippen LogP contribution in [-0.2, 0) is 13.6 Å². The van der Waals surface area contributed by atoms with Gasteiger partial charge in [-0.25, -0.2) is 0 Å². The molecule has 4 nitrogen and oxygen atoms in total. The molecule has 1 N–H and O–H groups in total. The van der Waals surface area contributed by atoms with Crippen LogP contribution in [0, 0.1) is 0 Å². The molecule has 2 aromatic carbocycles. The van der Waals surface area contributed by atoms with Gasteiger partial charge in [0.25, 0.3) is 5.91 Å². The molecule has 4 rings (SSSR count). The van der Waals surface area contributed by atoms with Crippen LogP contribution in [0.1, 0.15) is 27.8 Å². The van der Waals surface area contributed by atoms with Gasteiger partial charge in [-0.3, -0.25) is 4.79 Å². The third kappa shape index (κ3) is 2.46. The van der Waals surface area contributed by atoms with Crippen molar-refractivity contribution in [3.05, 3.63) is 89.7 Å². The molecule has 0 saturated heterocycles. The minimum atomic E-state index is -0.187. The first-order valence-corrected chi connectivity index (χ1v) is 8.06. The fourth-order valence-electron chi connectivity index (χ4n) is 3.23. The maximum Gasteiger partial charge on any atom is 0.258 e. The molecule has 1 aliphatic heterocycles. The van der Waals surface area contributed by atoms with Crippen LogP contribution in [0.5, 0.6) is 0 Å². The molecule has 0 spiro atoms. The van der Waals surface area contributed by atoms with E-state index in [0.717, 1.165) is 22.5 Å². The molecular formula is C20H19N3O. The third-order valence-electron chi connectivity index (χ3n) is 4.48. The molecule has 1 unspecified atom stereocenters. The largest absolute Gasteiger partial charge is 0.360 e. The summed E-state index contributed by atoms with van der Waals surface area (Å²) in [6, 6.07) is 21.9. The lowest BCUT2D eigenvalue weighted by molar-refractivity contribution is 0.0660. The van der Waals surface area contributed by atoms with Gasteiger partial charge in [0.05, 0.1) is 11.3 Å². The molecule has 24 heavy (non-hydrogen) atoms. The van der Waals surface area contributed by atoms with Gasteiger partial charge in [-0.05, 0) is 29.8 Å². The van der Waals surface area contributed by atoms with E-state index >= 15 is 0 Å². The monoisotopic (exact) mass is 317 g/mol. The van der Waals surface area contributed by atoms with Crippen molar-refractivity contribution in [1.82, 2.24) is 9.47 Å². The highest BCUT2D eigenvalue weighted by molar-refractivity contribution is 6.01. The predicted octanol–water partition coefficient (Wildman–Crippen LogP) is 3.79. The maximum absolute atomic E-state index is 13.1. The van der Waals surface area contributed by atoms with Crippen LogP contribution in [0.4, 0.5) is 5.69 Å². The molecule has 0 aliphatic carbocycles. The number of carbonyl (C=O) groups is 1. The summed E-state index contributed by atoms with van der Waals surface area (Å²) >= 11 is 0. The van der Waals surface area contributed by atoms with Crippen LogP contribution >= 0.6 is 0 Å². The molecule has 1 atom stereocenters. The van der Waals surface area contributed by atoms with E-state index in [1.54, 1.807) is 0 Å². The van der Waals surface area contributed by atoms with E-state index in [4.69, 9.17) is 0 Å². The topological polar surface area (TPSA) is 37.3 Å². The molecule has 0 fully saturated rings. The highest BCUT2D eigenvalue weighted by atomic mass is 16.2. The second kappa shape index (κ2) is 5.89. The Bertz CT molecular complexity index is 869. The van der Waals surface area contributed by atoms with Crippen LogP contribution in [0.2, 0.25) is 0 Å². The lowest BCUT2D eigenvalue weighted by Crippen LogP contribution is -2.43. The molecule has 0 bridgehead atoms. The lowest BCUT2D eigenvalue weighted by Gasteiger charge is -2.38. The van der Waals surface area contributed by atoms with Gasteiger partial charge in [-0.1, -0.05) is 42.5 Å². The van der Waals surface area contributed by atoms with E-state index < -0.39 is 0 Å². The smallest absolute Gasteiger partial charge is 0.258 e. The molecule has 2 heterocycles. The van der Waals surface area contributed by atoms with E-state index in [9.17, 15) is 4.79 Å². The number of para-hydroxylation sites is 1. The minimum absolute atomic E-state index is 0.0550. The van der Waals surface area contributed by atoms with Crippen molar-refractivity contribution in [3.63, 3.8) is 0 Å². The number of anilines is 1. The molecule has 3 aromatic rings. The number of hydrogen-bond acceptors (Lipinski definition) is 2. The molecule has 4 heteroatoms. The van der Waals surface area contributed by atoms with E-state index in [-0.39, 0.29) is 12.1 Å². The van der Waals surface area contributed by atoms with Crippen molar-refractivity contribution in [3.8, 4) is 0 Å². The van der Waals surface area contributed by atoms with E-state index in [1.807, 2.05) is 66.7 Å². The quantitative estimate of drug-likeness (QED) is 0.798. The summed E-state index contributed by atoms with van der Waals surface area (Å²) in [5.74, 6) is 0.0550. The minimum Gasteiger partial charge on any atom is -0.360 e. The number of aromatic nitrogens is 1. The number of fused-ring (bicyclic) bond motifs is 1. The van der Waals surface area contributed by atoms with Gasteiger partial charge >= 0.3 is 0 Å². The van der Waals surface area contributed by atoms with Crippen molar-refractivity contribution < 1.29 is 4.79 Å². The number of carbonyl (C=O) groups excluding carboxylic acids is 1. The SMILES string of the molecule is Cn1cccc1C1Nc2ccccc2C(=O)N1Cc1ccccc1. The number of rotatable bonds is 3. The molecule has 1 aromatic heterocycles. The Labute approximate surface area is 141 Å². The summed E-state index contributed by atoms with van der Waals surface area (Å²) in [4.78, 5) is 15.0. The zero-order valence-electron chi connectivity index (χ0n) is 13.5. The summed E-state index contributed by atoms with van der Waals surface area (Å²) in [5, 5.41) is 3.53. The van der Waals surface area contributed by atoms with Crippen molar-refractivity contribution in [2.45, 2.75) is 12.7 Å². The zero-order valence-corrected chi connectivity index (χ0v) is 13.5.